The summed E-state index contributed by atoms with van der Waals surface area (Å²) in [4.78, 5) is 7.34. The Balaban J connectivity index is 1.53. The molecule has 0 atom stereocenters. The minimum Gasteiger partial charge on any atom is -0.454 e. The summed E-state index contributed by atoms with van der Waals surface area (Å²) < 4.78 is 50.0. The fraction of sp³-hybridized carbons (Fsp3) is 0.158. The van der Waals surface area contributed by atoms with Crippen LogP contribution in [0.3, 0.4) is 0 Å². The van der Waals surface area contributed by atoms with Crippen LogP contribution < -0.4 is 9.47 Å². The van der Waals surface area contributed by atoms with E-state index in [1.807, 2.05) is 12.1 Å². The SMILES string of the molecule is Cc1cc2[nH]c(-c3cc(-c4ccc5c(c4)OCO5)n[nH]3)nc2cc1C(F)(F)F. The predicted octanol–water partition coefficient (Wildman–Crippen LogP) is 4.68. The van der Waals surface area contributed by atoms with Gasteiger partial charge in [0.1, 0.15) is 5.69 Å². The van der Waals surface area contributed by atoms with E-state index in [1.165, 1.54) is 13.0 Å². The van der Waals surface area contributed by atoms with Crippen molar-refractivity contribution in [3.8, 4) is 34.3 Å². The second-order valence-electron chi connectivity index (χ2n) is 6.50. The van der Waals surface area contributed by atoms with Gasteiger partial charge in [-0.25, -0.2) is 4.98 Å². The zero-order chi connectivity index (χ0) is 19.5. The standard InChI is InChI=1S/C19H13F3N4O2/c1-9-4-13-14(6-11(9)19(20,21)22)24-18(23-13)15-7-12(25-26-15)10-2-3-16-17(5-10)28-8-27-16/h2-7H,8H2,1H3,(H,23,24)(H,25,26). The van der Waals surface area contributed by atoms with Gasteiger partial charge >= 0.3 is 6.18 Å². The van der Waals surface area contributed by atoms with Gasteiger partial charge in [0.05, 0.1) is 22.3 Å². The van der Waals surface area contributed by atoms with Crippen LogP contribution in [0.1, 0.15) is 11.1 Å². The van der Waals surface area contributed by atoms with Crippen molar-refractivity contribution in [2.75, 3.05) is 6.79 Å². The number of nitrogens with zero attached hydrogens (tertiary/aromatic N) is 2. The third kappa shape index (κ3) is 2.67. The van der Waals surface area contributed by atoms with Gasteiger partial charge in [-0.3, -0.25) is 5.10 Å². The lowest BCUT2D eigenvalue weighted by atomic mass is 10.1. The monoisotopic (exact) mass is 386 g/mol. The number of aromatic amines is 2. The van der Waals surface area contributed by atoms with Crippen molar-refractivity contribution in [3.05, 3.63) is 47.5 Å². The molecule has 0 fully saturated rings. The van der Waals surface area contributed by atoms with Crippen LogP contribution in [0.4, 0.5) is 13.2 Å². The second kappa shape index (κ2) is 5.75. The molecule has 2 N–H and O–H groups in total. The number of benzene rings is 2. The van der Waals surface area contributed by atoms with Gasteiger partial charge in [-0.05, 0) is 48.9 Å². The van der Waals surface area contributed by atoms with E-state index in [4.69, 9.17) is 9.47 Å². The van der Waals surface area contributed by atoms with Gasteiger partial charge in [-0.1, -0.05) is 0 Å². The van der Waals surface area contributed by atoms with E-state index in [1.54, 1.807) is 12.1 Å². The Kier molecular flexibility index (Phi) is 3.42. The molecule has 142 valence electrons. The number of H-pyrrole nitrogens is 2. The molecular weight excluding hydrogens is 373 g/mol. The van der Waals surface area contributed by atoms with E-state index in [-0.39, 0.29) is 17.9 Å². The van der Waals surface area contributed by atoms with E-state index in [0.717, 1.165) is 11.6 Å². The number of imidazole rings is 1. The number of nitrogens with one attached hydrogen (secondary N) is 2. The van der Waals surface area contributed by atoms with Gasteiger partial charge in [0, 0.05) is 5.56 Å². The Labute approximate surface area is 156 Å². The molecule has 4 aromatic rings. The Bertz CT molecular complexity index is 1210. The summed E-state index contributed by atoms with van der Waals surface area (Å²) in [6.07, 6.45) is -4.42. The summed E-state index contributed by atoms with van der Waals surface area (Å²) in [5, 5.41) is 7.14. The lowest BCUT2D eigenvalue weighted by molar-refractivity contribution is -0.137. The van der Waals surface area contributed by atoms with Crippen LogP contribution in [0.15, 0.2) is 36.4 Å². The van der Waals surface area contributed by atoms with Gasteiger partial charge < -0.3 is 14.5 Å². The lowest BCUT2D eigenvalue weighted by Gasteiger charge is -2.09. The first-order valence-electron chi connectivity index (χ1n) is 8.42. The highest BCUT2D eigenvalue weighted by atomic mass is 19.4. The van der Waals surface area contributed by atoms with E-state index < -0.39 is 11.7 Å². The number of fused-ring (bicyclic) bond motifs is 2. The quantitative estimate of drug-likeness (QED) is 0.525. The molecule has 0 aliphatic carbocycles. The zero-order valence-corrected chi connectivity index (χ0v) is 14.5. The third-order valence-electron chi connectivity index (χ3n) is 4.63. The number of hydrogen-bond donors (Lipinski definition) is 2. The molecule has 28 heavy (non-hydrogen) atoms. The average molecular weight is 386 g/mol. The number of ether oxygens (including phenoxy) is 2. The largest absolute Gasteiger partial charge is 0.454 e. The van der Waals surface area contributed by atoms with E-state index in [9.17, 15) is 13.2 Å². The van der Waals surface area contributed by atoms with Gasteiger partial charge in [-0.2, -0.15) is 18.3 Å². The summed E-state index contributed by atoms with van der Waals surface area (Å²) in [7, 11) is 0. The van der Waals surface area contributed by atoms with E-state index >= 15 is 0 Å². The molecule has 0 radical (unpaired) electrons. The molecule has 0 saturated carbocycles. The highest BCUT2D eigenvalue weighted by Crippen LogP contribution is 2.37. The second-order valence-corrected chi connectivity index (χ2v) is 6.50. The average Bonchev–Trinajstić information content (AvgIpc) is 3.37. The number of hydrogen-bond acceptors (Lipinski definition) is 4. The zero-order valence-electron chi connectivity index (χ0n) is 14.5. The molecule has 9 heteroatoms. The van der Waals surface area contributed by atoms with Crippen molar-refractivity contribution in [2.24, 2.45) is 0 Å². The smallest absolute Gasteiger partial charge is 0.416 e. The molecule has 2 aromatic heterocycles. The van der Waals surface area contributed by atoms with Crippen LogP contribution in [0.5, 0.6) is 11.5 Å². The van der Waals surface area contributed by atoms with E-state index in [0.29, 0.717) is 34.2 Å². The number of alkyl halides is 3. The third-order valence-corrected chi connectivity index (χ3v) is 4.63. The molecule has 6 nitrogen and oxygen atoms in total. The lowest BCUT2D eigenvalue weighted by Crippen LogP contribution is -2.07. The number of aryl methyl sites for hydroxylation is 1. The molecular formula is C19H13F3N4O2. The van der Waals surface area contributed by atoms with Gasteiger partial charge in [0.2, 0.25) is 6.79 Å². The maximum absolute atomic E-state index is 13.1. The summed E-state index contributed by atoms with van der Waals surface area (Å²) in [6, 6.07) is 9.75. The minimum absolute atomic E-state index is 0.140. The van der Waals surface area contributed by atoms with Crippen LogP contribution >= 0.6 is 0 Å². The Morgan fingerprint density at radius 1 is 1.04 bits per heavy atom. The fourth-order valence-electron chi connectivity index (χ4n) is 3.24. The van der Waals surface area contributed by atoms with Crippen LogP contribution in [0.25, 0.3) is 33.8 Å². The van der Waals surface area contributed by atoms with Crippen molar-refractivity contribution < 1.29 is 22.6 Å². The normalized spacial score (nSPS) is 13.4. The minimum atomic E-state index is -4.42. The van der Waals surface area contributed by atoms with Crippen molar-refractivity contribution in [1.82, 2.24) is 20.2 Å². The van der Waals surface area contributed by atoms with Gasteiger partial charge in [0.25, 0.3) is 0 Å². The maximum Gasteiger partial charge on any atom is 0.416 e. The molecule has 1 aliphatic heterocycles. The van der Waals surface area contributed by atoms with Gasteiger partial charge in [0.15, 0.2) is 17.3 Å². The maximum atomic E-state index is 13.1. The molecule has 1 aliphatic rings. The Hall–Kier alpha value is -3.49. The molecule has 3 heterocycles. The summed E-state index contributed by atoms with van der Waals surface area (Å²) >= 11 is 0. The van der Waals surface area contributed by atoms with Crippen LogP contribution in [-0.4, -0.2) is 27.0 Å². The molecule has 0 bridgehead atoms. The fourth-order valence-corrected chi connectivity index (χ4v) is 3.24. The first-order chi connectivity index (χ1) is 13.4. The molecule has 5 rings (SSSR count). The summed E-state index contributed by atoms with van der Waals surface area (Å²) in [5.41, 5.74) is 2.26. The van der Waals surface area contributed by atoms with Crippen LogP contribution in [0.2, 0.25) is 0 Å². The molecule has 0 unspecified atom stereocenters. The van der Waals surface area contributed by atoms with Crippen molar-refractivity contribution in [1.29, 1.82) is 0 Å². The molecule has 0 saturated heterocycles. The first kappa shape index (κ1) is 16.7. The first-order valence-corrected chi connectivity index (χ1v) is 8.42. The van der Waals surface area contributed by atoms with Crippen molar-refractivity contribution in [3.63, 3.8) is 0 Å². The van der Waals surface area contributed by atoms with Crippen LogP contribution in [0, 0.1) is 6.92 Å². The Morgan fingerprint density at radius 2 is 1.86 bits per heavy atom. The number of rotatable bonds is 2. The van der Waals surface area contributed by atoms with Crippen LogP contribution in [-0.2, 0) is 6.18 Å². The summed E-state index contributed by atoms with van der Waals surface area (Å²) in [6.45, 7) is 1.61. The highest BCUT2D eigenvalue weighted by Gasteiger charge is 2.33. The number of halogens is 3. The van der Waals surface area contributed by atoms with Gasteiger partial charge in [-0.15, -0.1) is 0 Å². The summed E-state index contributed by atoms with van der Waals surface area (Å²) in [5.74, 6) is 1.72. The topological polar surface area (TPSA) is 75.8 Å². The van der Waals surface area contributed by atoms with Crippen molar-refractivity contribution >= 4 is 11.0 Å². The number of aromatic nitrogens is 4. The molecule has 2 aromatic carbocycles. The van der Waals surface area contributed by atoms with Crippen molar-refractivity contribution in [2.45, 2.75) is 13.1 Å². The van der Waals surface area contributed by atoms with E-state index in [2.05, 4.69) is 20.2 Å². The molecule has 0 amide bonds. The molecule has 0 spiro atoms. The highest BCUT2D eigenvalue weighted by molar-refractivity contribution is 5.81. The Morgan fingerprint density at radius 3 is 2.68 bits per heavy atom. The predicted molar refractivity (Wildman–Crippen MR) is 95.0 cm³/mol.